The molecule has 2 N–H and O–H groups in total. The minimum Gasteiger partial charge on any atom is -0.466 e. The molecular formula is C21H28N2O4. The number of para-hydroxylation sites is 1. The predicted molar refractivity (Wildman–Crippen MR) is 104 cm³/mol. The first-order valence-corrected chi connectivity index (χ1v) is 9.24. The largest absolute Gasteiger partial charge is 0.466 e. The lowest BCUT2D eigenvalue weighted by Gasteiger charge is -2.38. The number of carbonyl (C=O) groups is 1. The van der Waals surface area contributed by atoms with Crippen LogP contribution in [0.15, 0.2) is 42.1 Å². The highest BCUT2D eigenvalue weighted by Gasteiger charge is 2.38. The number of hydrogen-bond donors (Lipinski definition) is 2. The van der Waals surface area contributed by atoms with E-state index in [2.05, 4.69) is 0 Å². The van der Waals surface area contributed by atoms with Crippen LogP contribution in [0.5, 0.6) is 0 Å². The van der Waals surface area contributed by atoms with Crippen molar-refractivity contribution in [3.8, 4) is 0 Å². The molecule has 6 heteroatoms. The molecule has 3 rings (SSSR count). The molecule has 0 bridgehead atoms. The topological polar surface area (TPSA) is 74.9 Å². The highest BCUT2D eigenvalue weighted by atomic mass is 16.5. The minimum atomic E-state index is -0.759. The van der Waals surface area contributed by atoms with Crippen molar-refractivity contribution in [3.05, 3.63) is 47.8 Å². The Morgan fingerprint density at radius 2 is 2.00 bits per heavy atom. The van der Waals surface area contributed by atoms with Crippen LogP contribution >= 0.6 is 0 Å². The van der Waals surface area contributed by atoms with Gasteiger partial charge in [-0.1, -0.05) is 18.2 Å². The van der Waals surface area contributed by atoms with E-state index in [-0.39, 0.29) is 11.8 Å². The van der Waals surface area contributed by atoms with Gasteiger partial charge in [0.25, 0.3) is 0 Å². The van der Waals surface area contributed by atoms with Crippen LogP contribution in [-0.4, -0.2) is 52.5 Å². The maximum atomic E-state index is 12.3. The molecule has 1 aromatic carbocycles. The Kier molecular flexibility index (Phi) is 5.58. The molecule has 146 valence electrons. The van der Waals surface area contributed by atoms with E-state index >= 15 is 0 Å². The molecule has 27 heavy (non-hydrogen) atoms. The lowest BCUT2D eigenvalue weighted by molar-refractivity contribution is -0.137. The number of rotatable bonds is 5. The van der Waals surface area contributed by atoms with Gasteiger partial charge in [0.05, 0.1) is 24.9 Å². The third-order valence-electron chi connectivity index (χ3n) is 5.62. The molecule has 0 saturated carbocycles. The van der Waals surface area contributed by atoms with Crippen LogP contribution in [0, 0.1) is 11.8 Å². The average molecular weight is 372 g/mol. The number of fused-ring (bicyclic) bond motifs is 1. The molecule has 0 amide bonds. The first kappa shape index (κ1) is 19.5. The van der Waals surface area contributed by atoms with Crippen molar-refractivity contribution < 1.29 is 19.7 Å². The summed E-state index contributed by atoms with van der Waals surface area (Å²) >= 11 is 0. The number of aromatic nitrogens is 1. The first-order chi connectivity index (χ1) is 12.8. The van der Waals surface area contributed by atoms with Gasteiger partial charge in [-0.25, -0.2) is 4.79 Å². The second kappa shape index (κ2) is 7.74. The zero-order chi connectivity index (χ0) is 19.7. The summed E-state index contributed by atoms with van der Waals surface area (Å²) < 4.78 is 6.93. The number of nitrogens with zero attached hydrogens (tertiary/aromatic N) is 2. The Labute approximate surface area is 159 Å². The summed E-state index contributed by atoms with van der Waals surface area (Å²) in [5.74, 6) is -0.874. The summed E-state index contributed by atoms with van der Waals surface area (Å²) in [6.07, 6.45) is 0.744. The van der Waals surface area contributed by atoms with E-state index in [0.717, 1.165) is 16.6 Å². The van der Waals surface area contributed by atoms with Gasteiger partial charge in [-0.15, -0.1) is 0 Å². The SMILES string of the molecule is COC(=O)C1=CN(C)C[C@H](C(C)O)[C@@H]1CC(O)c1cc2ccccc2n1C. The van der Waals surface area contributed by atoms with E-state index in [0.29, 0.717) is 18.5 Å². The predicted octanol–water partition coefficient (Wildman–Crippen LogP) is 2.22. The van der Waals surface area contributed by atoms with Gasteiger partial charge in [-0.3, -0.25) is 0 Å². The second-order valence-corrected chi connectivity index (χ2v) is 7.47. The van der Waals surface area contributed by atoms with Crippen LogP contribution in [0.2, 0.25) is 0 Å². The molecule has 0 aliphatic carbocycles. The van der Waals surface area contributed by atoms with E-state index in [1.54, 1.807) is 13.1 Å². The zero-order valence-corrected chi connectivity index (χ0v) is 16.3. The van der Waals surface area contributed by atoms with Crippen LogP contribution in [0.1, 0.15) is 25.1 Å². The number of aryl methyl sites for hydroxylation is 1. The van der Waals surface area contributed by atoms with Crippen molar-refractivity contribution in [1.82, 2.24) is 9.47 Å². The van der Waals surface area contributed by atoms with E-state index < -0.39 is 18.2 Å². The Hall–Kier alpha value is -2.31. The number of methoxy groups -OCH3 is 1. The highest BCUT2D eigenvalue weighted by Crippen LogP contribution is 2.37. The third-order valence-corrected chi connectivity index (χ3v) is 5.62. The molecular weight excluding hydrogens is 344 g/mol. The smallest absolute Gasteiger partial charge is 0.335 e. The Morgan fingerprint density at radius 3 is 2.63 bits per heavy atom. The van der Waals surface area contributed by atoms with Crippen LogP contribution in [0.25, 0.3) is 10.9 Å². The van der Waals surface area contributed by atoms with Crippen LogP contribution < -0.4 is 0 Å². The molecule has 2 unspecified atom stereocenters. The summed E-state index contributed by atoms with van der Waals surface area (Å²) in [7, 11) is 5.15. The molecule has 0 fully saturated rings. The van der Waals surface area contributed by atoms with Gasteiger partial charge in [0, 0.05) is 49.9 Å². The molecule has 6 nitrogen and oxygen atoms in total. The Balaban J connectivity index is 1.94. The third kappa shape index (κ3) is 3.73. The number of hydrogen-bond acceptors (Lipinski definition) is 5. The molecule has 0 spiro atoms. The van der Waals surface area contributed by atoms with Crippen molar-refractivity contribution in [3.63, 3.8) is 0 Å². The first-order valence-electron chi connectivity index (χ1n) is 9.24. The van der Waals surface area contributed by atoms with Gasteiger partial charge >= 0.3 is 5.97 Å². The summed E-state index contributed by atoms with van der Waals surface area (Å²) in [4.78, 5) is 14.2. The molecule has 1 aliphatic heterocycles. The van der Waals surface area contributed by atoms with Crippen molar-refractivity contribution in [2.24, 2.45) is 18.9 Å². The Morgan fingerprint density at radius 1 is 1.30 bits per heavy atom. The normalized spacial score (nSPS) is 22.4. The van der Waals surface area contributed by atoms with Gasteiger partial charge in [0.2, 0.25) is 0 Å². The maximum absolute atomic E-state index is 12.3. The van der Waals surface area contributed by atoms with Gasteiger partial charge in [0.1, 0.15) is 0 Å². The lowest BCUT2D eigenvalue weighted by atomic mass is 9.76. The quantitative estimate of drug-likeness (QED) is 0.787. The van der Waals surface area contributed by atoms with Gasteiger partial charge in [0.15, 0.2) is 0 Å². The maximum Gasteiger partial charge on any atom is 0.335 e. The second-order valence-electron chi connectivity index (χ2n) is 7.47. The van der Waals surface area contributed by atoms with E-state index in [1.807, 2.05) is 53.9 Å². The van der Waals surface area contributed by atoms with E-state index in [1.165, 1.54) is 7.11 Å². The van der Waals surface area contributed by atoms with Gasteiger partial charge < -0.3 is 24.4 Å². The average Bonchev–Trinajstić information content (AvgIpc) is 2.99. The number of ether oxygens (including phenoxy) is 1. The molecule has 1 aromatic heterocycles. The highest BCUT2D eigenvalue weighted by molar-refractivity contribution is 5.89. The molecule has 2 aromatic rings. The van der Waals surface area contributed by atoms with Crippen molar-refractivity contribution in [1.29, 1.82) is 0 Å². The number of aliphatic hydroxyl groups is 2. The summed E-state index contributed by atoms with van der Waals surface area (Å²) in [5.41, 5.74) is 2.34. The lowest BCUT2D eigenvalue weighted by Crippen LogP contribution is -2.42. The number of carbonyl (C=O) groups excluding carboxylic acids is 1. The number of benzene rings is 1. The number of esters is 1. The molecule has 1 aliphatic rings. The fourth-order valence-corrected chi connectivity index (χ4v) is 4.18. The van der Waals surface area contributed by atoms with Crippen LogP contribution in [-0.2, 0) is 16.6 Å². The van der Waals surface area contributed by atoms with E-state index in [4.69, 9.17) is 4.74 Å². The molecule has 0 radical (unpaired) electrons. The fourth-order valence-electron chi connectivity index (χ4n) is 4.18. The van der Waals surface area contributed by atoms with Crippen LogP contribution in [0.3, 0.4) is 0 Å². The van der Waals surface area contributed by atoms with Crippen molar-refractivity contribution in [2.75, 3.05) is 20.7 Å². The minimum absolute atomic E-state index is 0.168. The summed E-state index contributed by atoms with van der Waals surface area (Å²) in [6.45, 7) is 2.35. The van der Waals surface area contributed by atoms with Crippen molar-refractivity contribution in [2.45, 2.75) is 25.6 Å². The van der Waals surface area contributed by atoms with Gasteiger partial charge in [-0.05, 0) is 30.9 Å². The van der Waals surface area contributed by atoms with Gasteiger partial charge in [-0.2, -0.15) is 0 Å². The van der Waals surface area contributed by atoms with Crippen molar-refractivity contribution >= 4 is 16.9 Å². The standard InChI is InChI=1S/C21H28N2O4/c1-13(24)16-11-22(2)12-17(21(26)27-4)15(16)10-20(25)19-9-14-7-5-6-8-18(14)23(19)3/h5-9,12-13,15-16,20,24-25H,10-11H2,1-4H3/t13?,15-,16+,20?/m0/s1. The molecule has 0 saturated heterocycles. The monoisotopic (exact) mass is 372 g/mol. The van der Waals surface area contributed by atoms with E-state index in [9.17, 15) is 15.0 Å². The molecule has 4 atom stereocenters. The summed E-state index contributed by atoms with van der Waals surface area (Å²) in [6, 6.07) is 9.95. The van der Waals surface area contributed by atoms with Crippen LogP contribution in [0.4, 0.5) is 0 Å². The summed E-state index contributed by atoms with van der Waals surface area (Å²) in [5, 5.41) is 22.4. The molecule has 2 heterocycles. The Bertz CT molecular complexity index is 855. The number of aliphatic hydroxyl groups excluding tert-OH is 2. The fraction of sp³-hybridized carbons (Fsp3) is 0.476. The zero-order valence-electron chi connectivity index (χ0n) is 16.3.